The summed E-state index contributed by atoms with van der Waals surface area (Å²) in [6, 6.07) is 0. The molecule has 1 aliphatic heterocycles. The van der Waals surface area contributed by atoms with E-state index in [0.29, 0.717) is 0 Å². The average Bonchev–Trinajstić information content (AvgIpc) is 2.94. The lowest BCUT2D eigenvalue weighted by molar-refractivity contribution is -0.132. The van der Waals surface area contributed by atoms with Crippen molar-refractivity contribution in [3.05, 3.63) is 0 Å². The molecule has 1 atom stereocenters. The van der Waals surface area contributed by atoms with Crippen LogP contribution in [0.3, 0.4) is 0 Å². The molecule has 1 aromatic rings. The first-order valence-electron chi connectivity index (χ1n) is 6.69. The first kappa shape index (κ1) is 16.1. The molecule has 112 valence electrons. The minimum Gasteiger partial charge on any atom is -0.339 e. The maximum atomic E-state index is 12.4. The Balaban J connectivity index is 1.85. The topological polar surface area (TPSA) is 49.3 Å². The number of thioether (sulfide) groups is 2. The monoisotopic (exact) mass is 332 g/mol. The smallest absolute Gasteiger partial charge is 0.235 e. The van der Waals surface area contributed by atoms with Gasteiger partial charge < -0.3 is 9.80 Å². The normalized spacial score (nSPS) is 18.2. The van der Waals surface area contributed by atoms with Crippen molar-refractivity contribution in [3.63, 3.8) is 0 Å². The number of likely N-dealkylation sites (N-methyl/N-ethyl adjacent to an activating group) is 1. The zero-order valence-electron chi connectivity index (χ0n) is 12.0. The van der Waals surface area contributed by atoms with Crippen LogP contribution in [0.25, 0.3) is 0 Å². The second kappa shape index (κ2) is 7.63. The third kappa shape index (κ3) is 4.09. The molecule has 1 unspecified atom stereocenters. The number of nitrogens with zero attached hydrogens (tertiary/aromatic N) is 4. The molecule has 0 spiro atoms. The number of piperazine rings is 1. The minimum absolute atomic E-state index is 0.0918. The minimum atomic E-state index is -0.0918. The van der Waals surface area contributed by atoms with Gasteiger partial charge in [0.2, 0.25) is 5.91 Å². The second-order valence-corrected chi connectivity index (χ2v) is 8.18. The van der Waals surface area contributed by atoms with Crippen molar-refractivity contribution < 1.29 is 4.79 Å². The van der Waals surface area contributed by atoms with Crippen LogP contribution in [0.1, 0.15) is 13.8 Å². The zero-order chi connectivity index (χ0) is 14.5. The quantitative estimate of drug-likeness (QED) is 0.768. The Morgan fingerprint density at radius 1 is 1.30 bits per heavy atom. The number of rotatable bonds is 5. The van der Waals surface area contributed by atoms with Crippen molar-refractivity contribution in [2.45, 2.75) is 27.8 Å². The van der Waals surface area contributed by atoms with Crippen LogP contribution in [0.15, 0.2) is 8.68 Å². The highest BCUT2D eigenvalue weighted by molar-refractivity contribution is 8.03. The van der Waals surface area contributed by atoms with Crippen molar-refractivity contribution in [1.29, 1.82) is 0 Å². The van der Waals surface area contributed by atoms with Crippen molar-refractivity contribution in [3.8, 4) is 0 Å². The van der Waals surface area contributed by atoms with Crippen LogP contribution in [0.2, 0.25) is 0 Å². The number of amides is 1. The van der Waals surface area contributed by atoms with Gasteiger partial charge in [0, 0.05) is 26.2 Å². The molecule has 0 aliphatic carbocycles. The molecule has 1 saturated heterocycles. The van der Waals surface area contributed by atoms with E-state index in [9.17, 15) is 4.79 Å². The fourth-order valence-electron chi connectivity index (χ4n) is 2.07. The number of hydrogen-bond donors (Lipinski definition) is 0. The van der Waals surface area contributed by atoms with E-state index in [4.69, 9.17) is 0 Å². The Hall–Kier alpha value is -0.310. The average molecular weight is 333 g/mol. The lowest BCUT2D eigenvalue weighted by Crippen LogP contribution is -2.50. The van der Waals surface area contributed by atoms with Gasteiger partial charge in [0.1, 0.15) is 0 Å². The van der Waals surface area contributed by atoms with Crippen molar-refractivity contribution in [1.82, 2.24) is 20.0 Å². The summed E-state index contributed by atoms with van der Waals surface area (Å²) in [6.07, 6.45) is 1.98. The predicted octanol–water partition coefficient (Wildman–Crippen LogP) is 1.90. The molecule has 1 amide bonds. The van der Waals surface area contributed by atoms with Crippen LogP contribution in [-0.2, 0) is 4.79 Å². The third-order valence-corrected chi connectivity index (χ3v) is 6.39. The predicted molar refractivity (Wildman–Crippen MR) is 85.7 cm³/mol. The van der Waals surface area contributed by atoms with Crippen LogP contribution in [-0.4, -0.2) is 70.1 Å². The van der Waals surface area contributed by atoms with E-state index >= 15 is 0 Å². The summed E-state index contributed by atoms with van der Waals surface area (Å²) < 4.78 is 1.83. The lowest BCUT2D eigenvalue weighted by Gasteiger charge is -2.35. The van der Waals surface area contributed by atoms with Gasteiger partial charge in [0.15, 0.2) is 8.68 Å². The zero-order valence-corrected chi connectivity index (χ0v) is 14.5. The van der Waals surface area contributed by atoms with E-state index in [0.717, 1.165) is 41.4 Å². The molecule has 5 nitrogen and oxygen atoms in total. The number of hydrogen-bond acceptors (Lipinski definition) is 7. The molecular weight excluding hydrogens is 312 g/mol. The first-order chi connectivity index (χ1) is 9.63. The molecule has 0 bridgehead atoms. The lowest BCUT2D eigenvalue weighted by atomic mass is 10.3. The van der Waals surface area contributed by atoms with E-state index in [1.165, 1.54) is 11.8 Å². The van der Waals surface area contributed by atoms with E-state index < -0.39 is 0 Å². The number of carbonyl (C=O) groups excluding carboxylic acids is 1. The highest BCUT2D eigenvalue weighted by Gasteiger charge is 2.25. The second-order valence-electron chi connectivity index (χ2n) is 4.56. The van der Waals surface area contributed by atoms with Crippen LogP contribution in [0.4, 0.5) is 0 Å². The van der Waals surface area contributed by atoms with Gasteiger partial charge >= 0.3 is 0 Å². The summed E-state index contributed by atoms with van der Waals surface area (Å²) in [5.74, 6) is 0.214. The van der Waals surface area contributed by atoms with Gasteiger partial charge in [-0.15, -0.1) is 10.2 Å². The molecule has 1 fully saturated rings. The fourth-order valence-corrected chi connectivity index (χ4v) is 4.74. The highest BCUT2D eigenvalue weighted by atomic mass is 32.2. The summed E-state index contributed by atoms with van der Waals surface area (Å²) in [7, 11) is 0. The molecule has 2 rings (SSSR count). The summed E-state index contributed by atoms with van der Waals surface area (Å²) in [5.41, 5.74) is 0. The maximum Gasteiger partial charge on any atom is 0.235 e. The van der Waals surface area contributed by atoms with E-state index in [2.05, 4.69) is 22.0 Å². The molecule has 0 saturated carbocycles. The summed E-state index contributed by atoms with van der Waals surface area (Å²) >= 11 is 4.66. The van der Waals surface area contributed by atoms with Crippen LogP contribution in [0.5, 0.6) is 0 Å². The molecule has 8 heteroatoms. The van der Waals surface area contributed by atoms with E-state index in [1.807, 2.05) is 18.1 Å². The Morgan fingerprint density at radius 3 is 2.50 bits per heavy atom. The summed E-state index contributed by atoms with van der Waals surface area (Å²) in [5, 5.41) is 8.08. The number of aromatic nitrogens is 2. The molecular formula is C12H20N4OS3. The molecule has 0 radical (unpaired) electrons. The van der Waals surface area contributed by atoms with Gasteiger partial charge in [-0.25, -0.2) is 0 Å². The maximum absolute atomic E-state index is 12.4. The highest BCUT2D eigenvalue weighted by Crippen LogP contribution is 2.30. The van der Waals surface area contributed by atoms with Crippen LogP contribution < -0.4 is 0 Å². The molecule has 2 heterocycles. The number of carbonyl (C=O) groups is 1. The van der Waals surface area contributed by atoms with E-state index in [-0.39, 0.29) is 11.2 Å². The molecule has 20 heavy (non-hydrogen) atoms. The van der Waals surface area contributed by atoms with Crippen LogP contribution in [0, 0.1) is 0 Å². The van der Waals surface area contributed by atoms with E-state index in [1.54, 1.807) is 23.1 Å². The Kier molecular flexibility index (Phi) is 6.13. The molecule has 0 N–H and O–H groups in total. The van der Waals surface area contributed by atoms with Gasteiger partial charge in [0.25, 0.3) is 0 Å². The molecule has 0 aromatic carbocycles. The van der Waals surface area contributed by atoms with Gasteiger partial charge in [-0.2, -0.15) is 0 Å². The van der Waals surface area contributed by atoms with Crippen molar-refractivity contribution in [2.24, 2.45) is 0 Å². The van der Waals surface area contributed by atoms with Gasteiger partial charge in [-0.1, -0.05) is 41.8 Å². The summed E-state index contributed by atoms with van der Waals surface area (Å²) in [4.78, 5) is 16.8. The van der Waals surface area contributed by atoms with Crippen LogP contribution >= 0.6 is 34.9 Å². The Bertz CT molecular complexity index is 446. The van der Waals surface area contributed by atoms with Crippen molar-refractivity contribution in [2.75, 3.05) is 39.0 Å². The molecule has 1 aliphatic rings. The summed E-state index contributed by atoms with van der Waals surface area (Å²) in [6.45, 7) is 8.82. The Labute approximate surface area is 132 Å². The van der Waals surface area contributed by atoms with Gasteiger partial charge in [-0.3, -0.25) is 4.79 Å². The standard InChI is InChI=1S/C12H20N4OS3/c1-4-15-5-7-16(8-6-15)10(17)9(2)19-12-14-13-11(18-3)20-12/h9H,4-8H2,1-3H3. The Morgan fingerprint density at radius 2 is 1.95 bits per heavy atom. The largest absolute Gasteiger partial charge is 0.339 e. The SMILES string of the molecule is CCN1CCN(C(=O)C(C)Sc2nnc(SC)s2)CC1. The first-order valence-corrected chi connectivity index (χ1v) is 9.61. The van der Waals surface area contributed by atoms with Crippen molar-refractivity contribution >= 4 is 40.8 Å². The molecule has 1 aromatic heterocycles. The third-order valence-electron chi connectivity index (χ3n) is 3.32. The van der Waals surface area contributed by atoms with Gasteiger partial charge in [0.05, 0.1) is 5.25 Å². The van der Waals surface area contributed by atoms with Gasteiger partial charge in [-0.05, 0) is 19.7 Å². The fraction of sp³-hybridized carbons (Fsp3) is 0.750.